The van der Waals surface area contributed by atoms with Crippen LogP contribution in [-0.4, -0.2) is 15.7 Å². The number of hydrogen-bond acceptors (Lipinski definition) is 1. The summed E-state index contributed by atoms with van der Waals surface area (Å²) >= 11 is 0. The average Bonchev–Trinajstić information content (AvgIpc) is 1.35. The summed E-state index contributed by atoms with van der Waals surface area (Å²) in [5.74, 6) is 0. The van der Waals surface area contributed by atoms with E-state index in [1.165, 1.54) is 0 Å². The molecule has 0 fully saturated rings. The molecule has 4 heteroatoms. The van der Waals surface area contributed by atoms with Gasteiger partial charge in [-0.2, -0.15) is 0 Å². The van der Waals surface area contributed by atoms with Gasteiger partial charge in [-0.15, -0.1) is 0 Å². The lowest BCUT2D eigenvalue weighted by molar-refractivity contribution is 0.253. The highest BCUT2D eigenvalue weighted by Gasteiger charge is 1.80. The molecule has 0 aliphatic heterocycles. The quantitative estimate of drug-likeness (QED) is 0.403. The summed E-state index contributed by atoms with van der Waals surface area (Å²) in [6.07, 6.45) is 0. The topological polar surface area (TPSA) is 55.1 Å². The summed E-state index contributed by atoms with van der Waals surface area (Å²) in [7, 11) is -0.358. The van der Waals surface area contributed by atoms with E-state index in [0.717, 1.165) is 0 Å². The molecule has 0 saturated heterocycles. The molecule has 36 valence electrons. The summed E-state index contributed by atoms with van der Waals surface area (Å²) in [4.78, 5) is 12.2. The Labute approximate surface area is 38.8 Å². The second-order valence-electron chi connectivity index (χ2n) is 0.895. The predicted octanol–water partition coefficient (Wildman–Crippen LogP) is -1.21. The maximum atomic E-state index is 9.75. The fourth-order valence-corrected chi connectivity index (χ4v) is 0.523. The van der Waals surface area contributed by atoms with Crippen LogP contribution in [0.2, 0.25) is 6.55 Å². The Balaban J connectivity index is 2.83. The highest BCUT2D eigenvalue weighted by Crippen LogP contribution is 1.46. The molecule has 0 spiro atoms. The minimum absolute atomic E-state index is 0.358. The van der Waals surface area contributed by atoms with Crippen molar-refractivity contribution in [2.45, 2.75) is 6.55 Å². The molecule has 0 heterocycles. The molecule has 2 amide bonds. The number of hydrogen-bond donors (Lipinski definition) is 2. The summed E-state index contributed by atoms with van der Waals surface area (Å²) in [6, 6.07) is -0.399. The largest absolute Gasteiger partial charge is 0.371 e. The normalized spacial score (nSPS) is 9.50. The van der Waals surface area contributed by atoms with Crippen LogP contribution in [0.1, 0.15) is 0 Å². The molecular weight excluding hydrogens is 96.1 g/mol. The molecule has 0 saturated carbocycles. The van der Waals surface area contributed by atoms with E-state index in [1.807, 2.05) is 6.55 Å². The van der Waals surface area contributed by atoms with Crippen LogP contribution in [0.25, 0.3) is 0 Å². The lowest BCUT2D eigenvalue weighted by atomic mass is 11.2. The first-order chi connectivity index (χ1) is 2.77. The first-order valence-corrected chi connectivity index (χ1v) is 3.92. The Morgan fingerprint density at radius 1 is 2.00 bits per heavy atom. The average molecular weight is 104 g/mol. The van der Waals surface area contributed by atoms with Gasteiger partial charge < -0.3 is 10.7 Å². The van der Waals surface area contributed by atoms with E-state index in [-0.39, 0.29) is 9.68 Å². The summed E-state index contributed by atoms with van der Waals surface area (Å²) in [6.45, 7) is 1.95. The van der Waals surface area contributed by atoms with Gasteiger partial charge in [0.15, 0.2) is 0 Å². The number of amides is 2. The molecule has 6 heavy (non-hydrogen) atoms. The molecule has 0 bridgehead atoms. The second kappa shape index (κ2) is 2.71. The molecule has 0 aromatic heterocycles. The molecule has 0 aliphatic rings. The zero-order chi connectivity index (χ0) is 4.99. The first-order valence-electron chi connectivity index (χ1n) is 1.80. The van der Waals surface area contributed by atoms with Crippen LogP contribution >= 0.6 is 0 Å². The van der Waals surface area contributed by atoms with Crippen molar-refractivity contribution >= 4 is 15.7 Å². The number of carbonyl (C=O) groups excluding carboxylic acids is 1. The molecule has 0 rings (SSSR count). The number of rotatable bonds is 1. The number of carbonyl (C=O) groups is 1. The molecular formula is C2H8N2OSi. The second-order valence-corrected chi connectivity index (χ2v) is 1.96. The smallest absolute Gasteiger partial charge is 0.303 e. The van der Waals surface area contributed by atoms with Crippen LogP contribution < -0.4 is 10.7 Å². The van der Waals surface area contributed by atoms with Crippen molar-refractivity contribution in [1.29, 1.82) is 0 Å². The van der Waals surface area contributed by atoms with E-state index in [4.69, 9.17) is 0 Å². The molecule has 3 nitrogen and oxygen atoms in total. The van der Waals surface area contributed by atoms with Crippen LogP contribution in [-0.2, 0) is 0 Å². The van der Waals surface area contributed by atoms with Crippen LogP contribution in [0.4, 0.5) is 4.79 Å². The Bertz CT molecular complexity index is 55.5. The van der Waals surface area contributed by atoms with Crippen molar-refractivity contribution in [2.75, 3.05) is 0 Å². The van der Waals surface area contributed by atoms with E-state index in [0.29, 0.717) is 0 Å². The zero-order valence-electron chi connectivity index (χ0n) is 3.69. The SMILES string of the molecule is C[SiH2]NC(N)=O. The third kappa shape index (κ3) is 3.49. The van der Waals surface area contributed by atoms with Gasteiger partial charge in [-0.1, -0.05) is 6.55 Å². The summed E-state index contributed by atoms with van der Waals surface area (Å²) in [5.41, 5.74) is 4.69. The van der Waals surface area contributed by atoms with Crippen LogP contribution in [0.5, 0.6) is 0 Å². The molecule has 0 atom stereocenters. The van der Waals surface area contributed by atoms with Crippen molar-refractivity contribution in [3.63, 3.8) is 0 Å². The van der Waals surface area contributed by atoms with Gasteiger partial charge in [0.1, 0.15) is 9.68 Å². The van der Waals surface area contributed by atoms with Crippen molar-refractivity contribution in [3.8, 4) is 0 Å². The molecule has 0 aromatic carbocycles. The fraction of sp³-hybridized carbons (Fsp3) is 0.500. The lowest BCUT2D eigenvalue weighted by Gasteiger charge is -1.88. The Morgan fingerprint density at radius 2 is 2.50 bits per heavy atom. The number of urea groups is 1. The van der Waals surface area contributed by atoms with Crippen molar-refractivity contribution in [1.82, 2.24) is 4.98 Å². The van der Waals surface area contributed by atoms with Gasteiger partial charge in [-0.25, -0.2) is 0 Å². The lowest BCUT2D eigenvalue weighted by Crippen LogP contribution is -2.30. The van der Waals surface area contributed by atoms with Crippen molar-refractivity contribution < 1.29 is 4.79 Å². The van der Waals surface area contributed by atoms with Gasteiger partial charge in [0.2, 0.25) is 0 Å². The zero-order valence-corrected chi connectivity index (χ0v) is 5.11. The third-order valence-electron chi connectivity index (χ3n) is 0.351. The Hall–Kier alpha value is -0.513. The maximum Gasteiger partial charge on any atom is 0.303 e. The molecule has 0 aliphatic carbocycles. The van der Waals surface area contributed by atoms with Crippen LogP contribution in [0.3, 0.4) is 0 Å². The van der Waals surface area contributed by atoms with E-state index in [2.05, 4.69) is 10.7 Å². The van der Waals surface area contributed by atoms with Gasteiger partial charge in [0.25, 0.3) is 0 Å². The maximum absolute atomic E-state index is 9.75. The highest BCUT2D eigenvalue weighted by molar-refractivity contribution is 6.34. The third-order valence-corrected chi connectivity index (χ3v) is 1.05. The molecule has 3 N–H and O–H groups in total. The van der Waals surface area contributed by atoms with Crippen LogP contribution in [0.15, 0.2) is 0 Å². The molecule has 0 aromatic rings. The summed E-state index contributed by atoms with van der Waals surface area (Å²) in [5, 5.41) is 0. The number of nitrogens with one attached hydrogen (secondary N) is 1. The van der Waals surface area contributed by atoms with E-state index >= 15 is 0 Å². The van der Waals surface area contributed by atoms with Gasteiger partial charge in [-0.05, 0) is 0 Å². The van der Waals surface area contributed by atoms with Crippen LogP contribution in [0, 0.1) is 0 Å². The van der Waals surface area contributed by atoms with E-state index < -0.39 is 6.03 Å². The number of nitrogens with two attached hydrogens (primary N) is 1. The minimum Gasteiger partial charge on any atom is -0.371 e. The van der Waals surface area contributed by atoms with Crippen molar-refractivity contribution in [3.05, 3.63) is 0 Å². The van der Waals surface area contributed by atoms with Gasteiger partial charge in [-0.3, -0.25) is 4.79 Å². The molecule has 0 unspecified atom stereocenters. The van der Waals surface area contributed by atoms with Gasteiger partial charge >= 0.3 is 6.03 Å². The van der Waals surface area contributed by atoms with E-state index in [9.17, 15) is 4.79 Å². The minimum atomic E-state index is -0.399. The highest BCUT2D eigenvalue weighted by atomic mass is 28.2. The number of primary amides is 1. The predicted molar refractivity (Wildman–Crippen MR) is 27.1 cm³/mol. The Morgan fingerprint density at radius 3 is 2.50 bits per heavy atom. The monoisotopic (exact) mass is 104 g/mol. The summed E-state index contributed by atoms with van der Waals surface area (Å²) < 4.78 is 0. The fourth-order valence-electron chi connectivity index (χ4n) is 0.174. The first kappa shape index (κ1) is 5.49. The van der Waals surface area contributed by atoms with Gasteiger partial charge in [0.05, 0.1) is 0 Å². The molecule has 0 radical (unpaired) electrons. The van der Waals surface area contributed by atoms with Gasteiger partial charge in [0, 0.05) is 0 Å². The van der Waals surface area contributed by atoms with Crippen molar-refractivity contribution in [2.24, 2.45) is 5.73 Å². The van der Waals surface area contributed by atoms with E-state index in [1.54, 1.807) is 0 Å². The standard InChI is InChI=1S/C2H8N2OSi/c1-6-4-2(3)5/h6H2,1H3,(H3,3,4,5). The Kier molecular flexibility index (Phi) is 2.48.